The lowest BCUT2D eigenvalue weighted by Crippen LogP contribution is -2.47. The van der Waals surface area contributed by atoms with Crippen LogP contribution in [0.25, 0.3) is 0 Å². The molecule has 1 heterocycles. The van der Waals surface area contributed by atoms with E-state index in [0.29, 0.717) is 11.5 Å². The lowest BCUT2D eigenvalue weighted by atomic mass is 9.78. The van der Waals surface area contributed by atoms with Crippen molar-refractivity contribution >= 4 is 11.6 Å². The zero-order valence-electron chi connectivity index (χ0n) is 11.2. The highest BCUT2D eigenvalue weighted by Crippen LogP contribution is 2.59. The standard InChI is InChI=1S/C15H20ClNO/c1-14(6-7-14)15(2)9-12(17-3)11-8-10(16)4-5-13(11)18-15/h4-5,8,12,17H,6-7,9H2,1-3H3. The van der Waals surface area contributed by atoms with Crippen LogP contribution in [-0.2, 0) is 0 Å². The maximum atomic E-state index is 6.33. The molecule has 2 atom stereocenters. The maximum absolute atomic E-state index is 6.33. The zero-order chi connectivity index (χ0) is 13.0. The molecule has 2 aliphatic rings. The van der Waals surface area contributed by atoms with E-state index in [4.69, 9.17) is 16.3 Å². The van der Waals surface area contributed by atoms with E-state index in [1.807, 2.05) is 25.2 Å². The smallest absolute Gasteiger partial charge is 0.125 e. The van der Waals surface area contributed by atoms with E-state index in [2.05, 4.69) is 19.2 Å². The van der Waals surface area contributed by atoms with E-state index in [0.717, 1.165) is 17.2 Å². The van der Waals surface area contributed by atoms with E-state index in [1.54, 1.807) is 0 Å². The van der Waals surface area contributed by atoms with Crippen molar-refractivity contribution in [1.29, 1.82) is 0 Å². The van der Waals surface area contributed by atoms with Crippen LogP contribution in [-0.4, -0.2) is 12.6 Å². The van der Waals surface area contributed by atoms with Crippen LogP contribution in [0.2, 0.25) is 5.02 Å². The monoisotopic (exact) mass is 265 g/mol. The first-order chi connectivity index (χ1) is 8.47. The zero-order valence-corrected chi connectivity index (χ0v) is 12.0. The summed E-state index contributed by atoms with van der Waals surface area (Å²) in [5.74, 6) is 0.987. The van der Waals surface area contributed by atoms with Crippen molar-refractivity contribution in [2.45, 2.75) is 44.8 Å². The van der Waals surface area contributed by atoms with Gasteiger partial charge in [-0.1, -0.05) is 18.5 Å². The molecule has 98 valence electrons. The summed E-state index contributed by atoms with van der Waals surface area (Å²) in [6, 6.07) is 6.27. The van der Waals surface area contributed by atoms with Gasteiger partial charge in [0.15, 0.2) is 0 Å². The van der Waals surface area contributed by atoms with Crippen molar-refractivity contribution in [2.24, 2.45) is 5.41 Å². The van der Waals surface area contributed by atoms with Crippen LogP contribution in [0.5, 0.6) is 5.75 Å². The van der Waals surface area contributed by atoms with Crippen molar-refractivity contribution in [3.63, 3.8) is 0 Å². The number of hydrogen-bond acceptors (Lipinski definition) is 2. The van der Waals surface area contributed by atoms with Gasteiger partial charge in [-0.3, -0.25) is 0 Å². The maximum Gasteiger partial charge on any atom is 0.125 e. The average molecular weight is 266 g/mol. The minimum Gasteiger partial charge on any atom is -0.487 e. The number of rotatable bonds is 2. The lowest BCUT2D eigenvalue weighted by molar-refractivity contribution is -0.0125. The number of hydrogen-bond donors (Lipinski definition) is 1. The van der Waals surface area contributed by atoms with Crippen LogP contribution in [0.3, 0.4) is 0 Å². The molecule has 1 saturated carbocycles. The number of ether oxygens (including phenoxy) is 1. The average Bonchev–Trinajstić information content (AvgIpc) is 3.09. The Morgan fingerprint density at radius 1 is 1.33 bits per heavy atom. The Balaban J connectivity index is 2.02. The first kappa shape index (κ1) is 12.3. The Bertz CT molecular complexity index is 483. The molecule has 2 nitrogen and oxygen atoms in total. The summed E-state index contributed by atoms with van der Waals surface area (Å²) in [6.45, 7) is 4.59. The lowest BCUT2D eigenvalue weighted by Gasteiger charge is -2.44. The molecule has 1 aliphatic carbocycles. The molecule has 3 rings (SSSR count). The first-order valence-corrected chi connectivity index (χ1v) is 7.01. The second-order valence-electron chi connectivity index (χ2n) is 6.12. The highest BCUT2D eigenvalue weighted by atomic mass is 35.5. The van der Waals surface area contributed by atoms with Gasteiger partial charge in [-0.2, -0.15) is 0 Å². The van der Waals surface area contributed by atoms with Gasteiger partial charge >= 0.3 is 0 Å². The second kappa shape index (κ2) is 3.88. The van der Waals surface area contributed by atoms with Gasteiger partial charge in [-0.25, -0.2) is 0 Å². The third-order valence-corrected chi connectivity index (χ3v) is 5.14. The predicted octanol–water partition coefficient (Wildman–Crippen LogP) is 3.94. The summed E-state index contributed by atoms with van der Waals surface area (Å²) >= 11 is 6.09. The summed E-state index contributed by atoms with van der Waals surface area (Å²) in [5.41, 5.74) is 1.45. The Morgan fingerprint density at radius 3 is 2.67 bits per heavy atom. The Kier molecular flexibility index (Phi) is 2.65. The van der Waals surface area contributed by atoms with Gasteiger partial charge in [0.1, 0.15) is 11.4 Å². The summed E-state index contributed by atoms with van der Waals surface area (Å²) in [4.78, 5) is 0. The molecule has 3 heteroatoms. The highest BCUT2D eigenvalue weighted by Gasteiger charge is 2.57. The highest BCUT2D eigenvalue weighted by molar-refractivity contribution is 6.30. The fourth-order valence-electron chi connectivity index (χ4n) is 3.01. The van der Waals surface area contributed by atoms with Gasteiger partial charge in [-0.15, -0.1) is 0 Å². The van der Waals surface area contributed by atoms with E-state index in [1.165, 1.54) is 18.4 Å². The normalized spacial score (nSPS) is 32.6. The number of benzene rings is 1. The van der Waals surface area contributed by atoms with Gasteiger partial charge in [0, 0.05) is 28.5 Å². The van der Waals surface area contributed by atoms with Crippen molar-refractivity contribution in [1.82, 2.24) is 5.32 Å². The molecule has 0 bridgehead atoms. The molecular weight excluding hydrogens is 246 g/mol. The molecule has 2 unspecified atom stereocenters. The Morgan fingerprint density at radius 2 is 2.06 bits per heavy atom. The quantitative estimate of drug-likeness (QED) is 0.875. The van der Waals surface area contributed by atoms with Crippen molar-refractivity contribution in [3.05, 3.63) is 28.8 Å². The molecule has 0 aromatic heterocycles. The van der Waals surface area contributed by atoms with Crippen molar-refractivity contribution in [2.75, 3.05) is 7.05 Å². The number of fused-ring (bicyclic) bond motifs is 1. The van der Waals surface area contributed by atoms with Gasteiger partial charge in [0.2, 0.25) is 0 Å². The molecule has 1 fully saturated rings. The van der Waals surface area contributed by atoms with Crippen LogP contribution in [0.15, 0.2) is 18.2 Å². The summed E-state index contributed by atoms with van der Waals surface area (Å²) in [5, 5.41) is 4.18. The summed E-state index contributed by atoms with van der Waals surface area (Å²) in [7, 11) is 2.01. The molecule has 0 radical (unpaired) electrons. The molecule has 1 aliphatic heterocycles. The molecule has 0 saturated heterocycles. The van der Waals surface area contributed by atoms with Gasteiger partial charge in [0.05, 0.1) is 0 Å². The third-order valence-electron chi connectivity index (χ3n) is 4.90. The second-order valence-corrected chi connectivity index (χ2v) is 6.56. The van der Waals surface area contributed by atoms with E-state index in [9.17, 15) is 0 Å². The van der Waals surface area contributed by atoms with Crippen LogP contribution in [0.1, 0.15) is 44.7 Å². The predicted molar refractivity (Wildman–Crippen MR) is 74.2 cm³/mol. The molecule has 18 heavy (non-hydrogen) atoms. The van der Waals surface area contributed by atoms with E-state index >= 15 is 0 Å². The largest absolute Gasteiger partial charge is 0.487 e. The molecule has 1 aromatic rings. The minimum atomic E-state index is -0.0680. The minimum absolute atomic E-state index is 0.0680. The third kappa shape index (κ3) is 1.74. The van der Waals surface area contributed by atoms with Crippen LogP contribution >= 0.6 is 11.6 Å². The topological polar surface area (TPSA) is 21.3 Å². The fourth-order valence-corrected chi connectivity index (χ4v) is 3.19. The Hall–Kier alpha value is -0.730. The molecular formula is C15H20ClNO. The summed E-state index contributed by atoms with van der Waals surface area (Å²) in [6.07, 6.45) is 3.54. The Labute approximate surface area is 114 Å². The van der Waals surface area contributed by atoms with E-state index < -0.39 is 0 Å². The molecule has 0 amide bonds. The van der Waals surface area contributed by atoms with Crippen LogP contribution < -0.4 is 10.1 Å². The summed E-state index contributed by atoms with van der Waals surface area (Å²) < 4.78 is 6.33. The number of halogens is 1. The van der Waals surface area contributed by atoms with Crippen molar-refractivity contribution < 1.29 is 4.74 Å². The van der Waals surface area contributed by atoms with Crippen LogP contribution in [0.4, 0.5) is 0 Å². The molecule has 0 spiro atoms. The first-order valence-electron chi connectivity index (χ1n) is 6.63. The van der Waals surface area contributed by atoms with Gasteiger partial charge in [-0.05, 0) is 45.0 Å². The van der Waals surface area contributed by atoms with Gasteiger partial charge < -0.3 is 10.1 Å². The molecule has 1 N–H and O–H groups in total. The van der Waals surface area contributed by atoms with E-state index in [-0.39, 0.29) is 5.60 Å². The number of nitrogens with one attached hydrogen (secondary N) is 1. The molecule has 1 aromatic carbocycles. The van der Waals surface area contributed by atoms with Gasteiger partial charge in [0.25, 0.3) is 0 Å². The SMILES string of the molecule is CNC1CC(C)(C2(C)CC2)Oc2ccc(Cl)cc21. The van der Waals surface area contributed by atoms with Crippen molar-refractivity contribution in [3.8, 4) is 5.75 Å². The van der Waals surface area contributed by atoms with Crippen LogP contribution in [0, 0.1) is 5.41 Å². The fraction of sp³-hybridized carbons (Fsp3) is 0.600.